The minimum atomic E-state index is -0.374. The number of nitrogens with one attached hydrogen (secondary N) is 1. The van der Waals surface area contributed by atoms with E-state index in [0.29, 0.717) is 16.7 Å². The maximum atomic E-state index is 12.6. The third-order valence-corrected chi connectivity index (χ3v) is 4.45. The molecule has 0 aliphatic carbocycles. The number of methoxy groups -OCH3 is 1. The van der Waals surface area contributed by atoms with Crippen LogP contribution >= 0.6 is 0 Å². The smallest absolute Gasteiger partial charge is 0.261 e. The van der Waals surface area contributed by atoms with Gasteiger partial charge in [-0.2, -0.15) is 0 Å². The lowest BCUT2D eigenvalue weighted by atomic mass is 10.1. The standard InChI is InChI=1S/C22H25N3O4/c1-15(2)29-20(17-9-5-7-11-19(17)28-3)12-23-21(26)13-25-14-24-18-10-6-4-8-16(18)22(25)27/h4-11,14-15,20H,12-13H2,1-3H3,(H,23,26). The summed E-state index contributed by atoms with van der Waals surface area (Å²) in [7, 11) is 1.60. The Kier molecular flexibility index (Phi) is 6.61. The molecule has 0 spiro atoms. The lowest BCUT2D eigenvalue weighted by Crippen LogP contribution is -2.35. The molecular formula is C22H25N3O4. The molecule has 29 heavy (non-hydrogen) atoms. The van der Waals surface area contributed by atoms with Gasteiger partial charge in [0.15, 0.2) is 0 Å². The molecule has 0 bridgehead atoms. The van der Waals surface area contributed by atoms with Crippen LogP contribution in [0.15, 0.2) is 59.7 Å². The van der Waals surface area contributed by atoms with Crippen LogP contribution in [0.2, 0.25) is 0 Å². The largest absolute Gasteiger partial charge is 0.496 e. The number of fused-ring (bicyclic) bond motifs is 1. The molecule has 3 aromatic rings. The summed E-state index contributed by atoms with van der Waals surface area (Å²) >= 11 is 0. The lowest BCUT2D eigenvalue weighted by Gasteiger charge is -2.23. The lowest BCUT2D eigenvalue weighted by molar-refractivity contribution is -0.122. The SMILES string of the molecule is COc1ccccc1C(CNC(=O)Cn1cnc2ccccc2c1=O)OC(C)C. The number of carbonyl (C=O) groups is 1. The van der Waals surface area contributed by atoms with Gasteiger partial charge in [-0.3, -0.25) is 14.2 Å². The van der Waals surface area contributed by atoms with Crippen molar-refractivity contribution >= 4 is 16.8 Å². The molecule has 152 valence electrons. The zero-order chi connectivity index (χ0) is 20.8. The van der Waals surface area contributed by atoms with E-state index in [0.717, 1.165) is 5.56 Å². The van der Waals surface area contributed by atoms with E-state index in [1.165, 1.54) is 10.9 Å². The molecule has 2 aromatic carbocycles. The van der Waals surface area contributed by atoms with Crippen molar-refractivity contribution in [3.8, 4) is 5.75 Å². The Balaban J connectivity index is 1.72. The zero-order valence-corrected chi connectivity index (χ0v) is 16.8. The van der Waals surface area contributed by atoms with Crippen LogP contribution < -0.4 is 15.6 Å². The maximum Gasteiger partial charge on any atom is 0.261 e. The topological polar surface area (TPSA) is 82.5 Å². The number of hydrogen-bond donors (Lipinski definition) is 1. The summed E-state index contributed by atoms with van der Waals surface area (Å²) in [6, 6.07) is 14.6. The molecule has 1 aromatic heterocycles. The van der Waals surface area contributed by atoms with Gasteiger partial charge in [-0.05, 0) is 32.0 Å². The number of benzene rings is 2. The highest BCUT2D eigenvalue weighted by Crippen LogP contribution is 2.28. The Morgan fingerprint density at radius 2 is 1.86 bits per heavy atom. The Morgan fingerprint density at radius 1 is 1.14 bits per heavy atom. The third kappa shape index (κ3) is 5.00. The van der Waals surface area contributed by atoms with Crippen LogP contribution in [0.4, 0.5) is 0 Å². The maximum absolute atomic E-state index is 12.6. The quantitative estimate of drug-likeness (QED) is 0.634. The van der Waals surface area contributed by atoms with Crippen molar-refractivity contribution in [3.05, 3.63) is 70.8 Å². The molecule has 1 unspecified atom stereocenters. The van der Waals surface area contributed by atoms with Gasteiger partial charge in [0.05, 0.1) is 30.4 Å². The number of ether oxygens (including phenoxy) is 2. The second-order valence-electron chi connectivity index (χ2n) is 6.91. The number of para-hydroxylation sites is 2. The van der Waals surface area contributed by atoms with E-state index in [-0.39, 0.29) is 36.8 Å². The molecule has 0 aliphatic heterocycles. The number of rotatable bonds is 8. The minimum Gasteiger partial charge on any atom is -0.496 e. The first-order valence-electron chi connectivity index (χ1n) is 9.49. The molecular weight excluding hydrogens is 370 g/mol. The van der Waals surface area contributed by atoms with E-state index in [1.54, 1.807) is 25.3 Å². The van der Waals surface area contributed by atoms with Crippen molar-refractivity contribution in [1.82, 2.24) is 14.9 Å². The second-order valence-corrected chi connectivity index (χ2v) is 6.91. The summed E-state index contributed by atoms with van der Waals surface area (Å²) in [5, 5.41) is 3.34. The van der Waals surface area contributed by atoms with Gasteiger partial charge < -0.3 is 14.8 Å². The molecule has 7 nitrogen and oxygen atoms in total. The Morgan fingerprint density at radius 3 is 2.62 bits per heavy atom. The van der Waals surface area contributed by atoms with Crippen molar-refractivity contribution < 1.29 is 14.3 Å². The number of amides is 1. The van der Waals surface area contributed by atoms with Crippen LogP contribution in [-0.2, 0) is 16.1 Å². The Hall–Kier alpha value is -3.19. The van der Waals surface area contributed by atoms with Gasteiger partial charge in [-0.25, -0.2) is 4.98 Å². The van der Waals surface area contributed by atoms with Crippen LogP contribution in [0.3, 0.4) is 0 Å². The summed E-state index contributed by atoms with van der Waals surface area (Å²) < 4.78 is 12.7. The summed E-state index contributed by atoms with van der Waals surface area (Å²) in [4.78, 5) is 29.3. The predicted molar refractivity (Wildman–Crippen MR) is 111 cm³/mol. The van der Waals surface area contributed by atoms with E-state index < -0.39 is 0 Å². The summed E-state index contributed by atoms with van der Waals surface area (Å²) in [6.45, 7) is 4.01. The fourth-order valence-corrected chi connectivity index (χ4v) is 3.13. The average molecular weight is 395 g/mol. The molecule has 0 saturated carbocycles. The van der Waals surface area contributed by atoms with Crippen LogP contribution in [0.25, 0.3) is 10.9 Å². The predicted octanol–water partition coefficient (Wildman–Crippen LogP) is 2.69. The first-order chi connectivity index (χ1) is 14.0. The van der Waals surface area contributed by atoms with Crippen LogP contribution in [0, 0.1) is 0 Å². The van der Waals surface area contributed by atoms with Gasteiger partial charge in [0, 0.05) is 12.1 Å². The number of carbonyl (C=O) groups excluding carboxylic acids is 1. The third-order valence-electron chi connectivity index (χ3n) is 4.45. The van der Waals surface area contributed by atoms with Gasteiger partial charge in [-0.15, -0.1) is 0 Å². The molecule has 1 amide bonds. The molecule has 1 N–H and O–H groups in total. The van der Waals surface area contributed by atoms with Crippen molar-refractivity contribution in [2.75, 3.05) is 13.7 Å². The number of aromatic nitrogens is 2. The van der Waals surface area contributed by atoms with Gasteiger partial charge in [0.25, 0.3) is 5.56 Å². The van der Waals surface area contributed by atoms with Crippen LogP contribution in [0.5, 0.6) is 5.75 Å². The normalized spacial score (nSPS) is 12.1. The molecule has 0 aliphatic rings. The first kappa shape index (κ1) is 20.5. The highest BCUT2D eigenvalue weighted by atomic mass is 16.5. The number of hydrogen-bond acceptors (Lipinski definition) is 5. The summed E-state index contributed by atoms with van der Waals surface area (Å²) in [5.41, 5.74) is 1.22. The van der Waals surface area contributed by atoms with E-state index >= 15 is 0 Å². The number of nitrogens with zero attached hydrogens (tertiary/aromatic N) is 2. The zero-order valence-electron chi connectivity index (χ0n) is 16.8. The molecule has 0 fully saturated rings. The fraction of sp³-hybridized carbons (Fsp3) is 0.318. The van der Waals surface area contributed by atoms with Gasteiger partial charge in [-0.1, -0.05) is 30.3 Å². The van der Waals surface area contributed by atoms with Gasteiger partial charge in [0.1, 0.15) is 18.4 Å². The molecule has 0 radical (unpaired) electrons. The van der Waals surface area contributed by atoms with Crippen molar-refractivity contribution in [2.45, 2.75) is 32.6 Å². The van der Waals surface area contributed by atoms with E-state index in [9.17, 15) is 9.59 Å². The van der Waals surface area contributed by atoms with Crippen molar-refractivity contribution in [2.24, 2.45) is 0 Å². The minimum absolute atomic E-state index is 0.0332. The second kappa shape index (κ2) is 9.34. The monoisotopic (exact) mass is 395 g/mol. The van der Waals surface area contributed by atoms with E-state index in [2.05, 4.69) is 10.3 Å². The molecule has 1 atom stereocenters. The molecule has 1 heterocycles. The summed E-state index contributed by atoms with van der Waals surface area (Å²) in [5.74, 6) is 0.402. The highest BCUT2D eigenvalue weighted by Gasteiger charge is 2.19. The highest BCUT2D eigenvalue weighted by molar-refractivity contribution is 5.78. The molecule has 3 rings (SSSR count). The fourth-order valence-electron chi connectivity index (χ4n) is 3.13. The van der Waals surface area contributed by atoms with Crippen molar-refractivity contribution in [1.29, 1.82) is 0 Å². The Bertz CT molecular complexity index is 1050. The van der Waals surface area contributed by atoms with E-state index in [4.69, 9.17) is 9.47 Å². The summed E-state index contributed by atoms with van der Waals surface area (Å²) in [6.07, 6.45) is 0.989. The van der Waals surface area contributed by atoms with Gasteiger partial charge >= 0.3 is 0 Å². The first-order valence-corrected chi connectivity index (χ1v) is 9.49. The van der Waals surface area contributed by atoms with E-state index in [1.807, 2.05) is 44.2 Å². The van der Waals surface area contributed by atoms with Crippen molar-refractivity contribution in [3.63, 3.8) is 0 Å². The van der Waals surface area contributed by atoms with Crippen LogP contribution in [0.1, 0.15) is 25.5 Å². The molecule has 0 saturated heterocycles. The van der Waals surface area contributed by atoms with Gasteiger partial charge in [0.2, 0.25) is 5.91 Å². The average Bonchev–Trinajstić information content (AvgIpc) is 2.73. The molecule has 7 heteroatoms. The Labute approximate surface area is 169 Å². The van der Waals surface area contributed by atoms with Crippen LogP contribution in [-0.4, -0.2) is 35.2 Å².